The number of halogens is 2. The highest BCUT2D eigenvalue weighted by molar-refractivity contribution is 6.29. The molecule has 7 heteroatoms. The van der Waals surface area contributed by atoms with Crippen LogP contribution in [0.1, 0.15) is 66.7 Å². The number of alkyl halides is 2. The Balaban J connectivity index is 1.91. The van der Waals surface area contributed by atoms with Crippen LogP contribution in [0.25, 0.3) is 0 Å². The molecule has 1 unspecified atom stereocenters. The molecular formula is C26H34ClFO5. The molecule has 4 aliphatic carbocycles. The molecule has 8 atom stereocenters. The van der Waals surface area contributed by atoms with E-state index in [9.17, 15) is 19.5 Å². The van der Waals surface area contributed by atoms with Crippen LogP contribution in [0, 0.1) is 28.1 Å². The summed E-state index contributed by atoms with van der Waals surface area (Å²) in [7, 11) is 0. The topological polar surface area (TPSA) is 80.7 Å². The summed E-state index contributed by atoms with van der Waals surface area (Å²) in [6.45, 7) is 9.01. The Morgan fingerprint density at radius 2 is 1.94 bits per heavy atom. The van der Waals surface area contributed by atoms with Gasteiger partial charge in [0.25, 0.3) is 0 Å². The molecule has 5 nitrogen and oxygen atoms in total. The fourth-order valence-corrected chi connectivity index (χ4v) is 8.55. The number of carbonyl (C=O) groups is 3. The summed E-state index contributed by atoms with van der Waals surface area (Å²) in [6, 6.07) is 0. The molecule has 4 rings (SSSR count). The van der Waals surface area contributed by atoms with Crippen LogP contribution in [0.2, 0.25) is 0 Å². The Labute approximate surface area is 199 Å². The summed E-state index contributed by atoms with van der Waals surface area (Å²) < 4.78 is 23.5. The number of rotatable bonds is 4. The normalized spacial score (nSPS) is 48.4. The first-order valence-electron chi connectivity index (χ1n) is 11.9. The van der Waals surface area contributed by atoms with Crippen molar-refractivity contribution < 1.29 is 28.6 Å². The highest BCUT2D eigenvalue weighted by atomic mass is 35.5. The summed E-state index contributed by atoms with van der Waals surface area (Å²) in [5, 5.41) is 11.6. The molecule has 0 spiro atoms. The van der Waals surface area contributed by atoms with Gasteiger partial charge in [0, 0.05) is 28.6 Å². The summed E-state index contributed by atoms with van der Waals surface area (Å²) in [5.41, 5.74) is -6.02. The first-order chi connectivity index (χ1) is 15.3. The van der Waals surface area contributed by atoms with Gasteiger partial charge in [0.05, 0.1) is 12.0 Å². The number of Topliss-reactive ketones (excluding diaryl/α,β-unsaturated/α-hetero) is 1. The van der Waals surface area contributed by atoms with Crippen LogP contribution in [0.4, 0.5) is 4.39 Å². The number of esters is 1. The van der Waals surface area contributed by atoms with Gasteiger partial charge in [0.1, 0.15) is 0 Å². The molecule has 4 aliphatic rings. The zero-order valence-electron chi connectivity index (χ0n) is 20.0. The molecule has 0 bridgehead atoms. The van der Waals surface area contributed by atoms with E-state index in [1.54, 1.807) is 19.9 Å². The van der Waals surface area contributed by atoms with Gasteiger partial charge in [-0.15, -0.1) is 11.6 Å². The van der Waals surface area contributed by atoms with Crippen LogP contribution in [-0.2, 0) is 19.1 Å². The van der Waals surface area contributed by atoms with Crippen molar-refractivity contribution in [1.29, 1.82) is 0 Å². The standard InChI is InChI=1S/C26H34ClFO5/c1-6-21(32)33-25(20(31)14-27)15(2)11-18-23(4)9-7-16-12-17(29)8-10-22(16,3)26(23,28)19(30)13-24(18,25)5/h8,10,12,15,18-19,30H,6-7,9,11,13-14H2,1-5H3/t15-,18-,19-,22-,23?,24-,25-,26-/m0/s1. The van der Waals surface area contributed by atoms with Crippen LogP contribution in [0.15, 0.2) is 23.8 Å². The second-order valence-electron chi connectivity index (χ2n) is 11.2. The van der Waals surface area contributed by atoms with Crippen molar-refractivity contribution in [3.63, 3.8) is 0 Å². The van der Waals surface area contributed by atoms with Crippen LogP contribution in [-0.4, -0.2) is 45.9 Å². The van der Waals surface area contributed by atoms with E-state index < -0.39 is 45.4 Å². The molecule has 182 valence electrons. The number of ether oxygens (including phenoxy) is 1. The van der Waals surface area contributed by atoms with E-state index in [4.69, 9.17) is 16.3 Å². The zero-order valence-corrected chi connectivity index (χ0v) is 20.8. The molecule has 3 saturated carbocycles. The molecule has 0 aromatic rings. The highest BCUT2D eigenvalue weighted by Crippen LogP contribution is 2.75. The average molecular weight is 481 g/mol. The Kier molecular flexibility index (Phi) is 5.58. The number of aliphatic hydroxyl groups excluding tert-OH is 1. The van der Waals surface area contributed by atoms with E-state index in [-0.39, 0.29) is 36.3 Å². The first-order valence-corrected chi connectivity index (χ1v) is 12.4. The maximum absolute atomic E-state index is 17.6. The molecule has 1 N–H and O–H groups in total. The lowest BCUT2D eigenvalue weighted by Crippen LogP contribution is -2.73. The maximum Gasteiger partial charge on any atom is 0.306 e. The molecule has 3 fully saturated rings. The Bertz CT molecular complexity index is 976. The van der Waals surface area contributed by atoms with E-state index in [0.29, 0.717) is 24.8 Å². The number of aliphatic hydroxyl groups is 1. The number of hydrogen-bond donors (Lipinski definition) is 1. The van der Waals surface area contributed by atoms with Gasteiger partial charge >= 0.3 is 5.97 Å². The van der Waals surface area contributed by atoms with Gasteiger partial charge in [0.15, 0.2) is 22.8 Å². The predicted molar refractivity (Wildman–Crippen MR) is 122 cm³/mol. The second-order valence-corrected chi connectivity index (χ2v) is 11.5. The van der Waals surface area contributed by atoms with Crippen molar-refractivity contribution in [2.75, 3.05) is 5.88 Å². The minimum absolute atomic E-state index is 0.0433. The van der Waals surface area contributed by atoms with E-state index >= 15 is 4.39 Å². The molecule has 0 aromatic carbocycles. The Morgan fingerprint density at radius 1 is 1.27 bits per heavy atom. The number of hydrogen-bond acceptors (Lipinski definition) is 5. The average Bonchev–Trinajstić information content (AvgIpc) is 2.99. The molecule has 0 aromatic heterocycles. The van der Waals surface area contributed by atoms with Crippen molar-refractivity contribution in [2.24, 2.45) is 28.1 Å². The fraction of sp³-hybridized carbons (Fsp3) is 0.731. The summed E-state index contributed by atoms with van der Waals surface area (Å²) in [5.74, 6) is -2.11. The first kappa shape index (κ1) is 24.6. The summed E-state index contributed by atoms with van der Waals surface area (Å²) in [6.07, 6.45) is 4.55. The molecule has 0 amide bonds. The van der Waals surface area contributed by atoms with Gasteiger partial charge in [-0.2, -0.15) is 0 Å². The second kappa shape index (κ2) is 7.48. The largest absolute Gasteiger partial charge is 0.450 e. The number of ketones is 2. The third-order valence-electron chi connectivity index (χ3n) is 9.91. The van der Waals surface area contributed by atoms with Crippen LogP contribution >= 0.6 is 11.6 Å². The molecule has 33 heavy (non-hydrogen) atoms. The van der Waals surface area contributed by atoms with E-state index in [1.165, 1.54) is 12.2 Å². The van der Waals surface area contributed by atoms with Gasteiger partial charge in [-0.3, -0.25) is 14.4 Å². The van der Waals surface area contributed by atoms with E-state index in [2.05, 4.69) is 0 Å². The quantitative estimate of drug-likeness (QED) is 0.473. The van der Waals surface area contributed by atoms with Crippen molar-refractivity contribution in [3.05, 3.63) is 23.8 Å². The lowest BCUT2D eigenvalue weighted by molar-refractivity contribution is -0.258. The number of fused-ring (bicyclic) bond motifs is 5. The third-order valence-corrected chi connectivity index (χ3v) is 10.2. The van der Waals surface area contributed by atoms with Gasteiger partial charge in [-0.05, 0) is 50.7 Å². The third kappa shape index (κ3) is 2.71. The van der Waals surface area contributed by atoms with Gasteiger partial charge in [-0.1, -0.05) is 39.3 Å². The number of allylic oxidation sites excluding steroid dienone is 4. The molecular weight excluding hydrogens is 447 g/mol. The van der Waals surface area contributed by atoms with Crippen LogP contribution in [0.3, 0.4) is 0 Å². The lowest BCUT2D eigenvalue weighted by Gasteiger charge is -2.67. The molecule has 0 radical (unpaired) electrons. The van der Waals surface area contributed by atoms with Gasteiger partial charge in [-0.25, -0.2) is 4.39 Å². The highest BCUT2D eigenvalue weighted by Gasteiger charge is 2.80. The Morgan fingerprint density at radius 3 is 2.55 bits per heavy atom. The smallest absolute Gasteiger partial charge is 0.306 e. The van der Waals surface area contributed by atoms with Crippen LogP contribution in [0.5, 0.6) is 0 Å². The van der Waals surface area contributed by atoms with E-state index in [0.717, 1.165) is 0 Å². The van der Waals surface area contributed by atoms with Gasteiger partial charge in [0.2, 0.25) is 0 Å². The van der Waals surface area contributed by atoms with Crippen molar-refractivity contribution >= 4 is 29.1 Å². The van der Waals surface area contributed by atoms with Gasteiger partial charge < -0.3 is 9.84 Å². The molecule has 0 aliphatic heterocycles. The summed E-state index contributed by atoms with van der Waals surface area (Å²) >= 11 is 6.04. The SMILES string of the molecule is CCC(=O)O[C@]1(C(=O)CCl)[C@@H](C)C[C@H]2C3(C)CCC4=CC(=O)C=C[C@]4(C)[C@@]3(F)[C@@H](O)C[C@@]21C. The van der Waals surface area contributed by atoms with Crippen molar-refractivity contribution in [1.82, 2.24) is 0 Å². The number of carbonyl (C=O) groups excluding carboxylic acids is 3. The van der Waals surface area contributed by atoms with Crippen molar-refractivity contribution in [2.45, 2.75) is 84.1 Å². The van der Waals surface area contributed by atoms with Crippen molar-refractivity contribution in [3.8, 4) is 0 Å². The lowest BCUT2D eigenvalue weighted by atomic mass is 9.39. The minimum atomic E-state index is -2.06. The summed E-state index contributed by atoms with van der Waals surface area (Å²) in [4.78, 5) is 38.0. The maximum atomic E-state index is 17.6. The Hall–Kier alpha value is -1.53. The minimum Gasteiger partial charge on any atom is -0.450 e. The molecule has 0 heterocycles. The predicted octanol–water partition coefficient (Wildman–Crippen LogP) is 4.49. The zero-order chi connectivity index (χ0) is 24.6. The van der Waals surface area contributed by atoms with E-state index in [1.807, 2.05) is 20.8 Å². The monoisotopic (exact) mass is 480 g/mol. The fourth-order valence-electron chi connectivity index (χ4n) is 8.36. The van der Waals surface area contributed by atoms with Crippen LogP contribution < -0.4 is 0 Å². The molecule has 0 saturated heterocycles.